The van der Waals surface area contributed by atoms with Gasteiger partial charge in [-0.25, -0.2) is 9.97 Å². The number of benzene rings is 1. The molecule has 1 aromatic carbocycles. The molecule has 25 heavy (non-hydrogen) atoms. The minimum Gasteiger partial charge on any atom is -0.372 e. The highest BCUT2D eigenvalue weighted by Gasteiger charge is 2.24. The van der Waals surface area contributed by atoms with Gasteiger partial charge in [-0.3, -0.25) is 4.79 Å². The van der Waals surface area contributed by atoms with E-state index in [1.165, 1.54) is 5.69 Å². The van der Waals surface area contributed by atoms with E-state index in [-0.39, 0.29) is 5.91 Å². The molecule has 0 aliphatic heterocycles. The number of carbonyl (C=O) groups is 1. The van der Waals surface area contributed by atoms with Crippen molar-refractivity contribution in [3.05, 3.63) is 41.9 Å². The molecule has 0 bridgehead atoms. The normalized spacial score (nSPS) is 13.4. The summed E-state index contributed by atoms with van der Waals surface area (Å²) in [5, 5.41) is 6.22. The Morgan fingerprint density at radius 3 is 2.44 bits per heavy atom. The van der Waals surface area contributed by atoms with Gasteiger partial charge in [0.25, 0.3) is 5.91 Å². The summed E-state index contributed by atoms with van der Waals surface area (Å²) in [7, 11) is 0. The van der Waals surface area contributed by atoms with Gasteiger partial charge in [0.05, 0.1) is 0 Å². The highest BCUT2D eigenvalue weighted by atomic mass is 16.2. The largest absolute Gasteiger partial charge is 0.372 e. The van der Waals surface area contributed by atoms with Crippen molar-refractivity contribution in [2.45, 2.75) is 39.7 Å². The molecule has 0 radical (unpaired) electrons. The summed E-state index contributed by atoms with van der Waals surface area (Å²) in [4.78, 5) is 23.1. The smallest absolute Gasteiger partial charge is 0.270 e. The monoisotopic (exact) mass is 339 g/mol. The molecular weight excluding hydrogens is 314 g/mol. The van der Waals surface area contributed by atoms with Crippen LogP contribution in [0, 0.1) is 6.92 Å². The zero-order valence-electron chi connectivity index (χ0n) is 15.0. The van der Waals surface area contributed by atoms with E-state index in [2.05, 4.69) is 51.5 Å². The lowest BCUT2D eigenvalue weighted by Gasteiger charge is -2.21. The third-order valence-electron chi connectivity index (χ3n) is 4.25. The van der Waals surface area contributed by atoms with E-state index < -0.39 is 0 Å². The first kappa shape index (κ1) is 17.2. The van der Waals surface area contributed by atoms with E-state index in [1.54, 1.807) is 13.0 Å². The Morgan fingerprint density at radius 1 is 1.16 bits per heavy atom. The van der Waals surface area contributed by atoms with Crippen LogP contribution in [-0.2, 0) is 0 Å². The summed E-state index contributed by atoms with van der Waals surface area (Å²) < 4.78 is 0. The van der Waals surface area contributed by atoms with E-state index in [4.69, 9.17) is 0 Å². The maximum absolute atomic E-state index is 12.2. The average Bonchev–Trinajstić information content (AvgIpc) is 3.41. The van der Waals surface area contributed by atoms with E-state index in [0.29, 0.717) is 23.4 Å². The molecule has 1 aliphatic rings. The van der Waals surface area contributed by atoms with E-state index in [1.807, 2.05) is 12.1 Å². The SMILES string of the molecule is CCN(CC)c1ccc(Nc2cc(C(=O)NC3CC3)nc(C)n2)cc1. The maximum Gasteiger partial charge on any atom is 0.270 e. The molecule has 0 unspecified atom stereocenters. The predicted molar refractivity (Wildman–Crippen MR) is 101 cm³/mol. The van der Waals surface area contributed by atoms with E-state index in [9.17, 15) is 4.79 Å². The third-order valence-corrected chi connectivity index (χ3v) is 4.25. The van der Waals surface area contributed by atoms with Crippen LogP contribution in [0.5, 0.6) is 0 Å². The Labute approximate surface area is 148 Å². The van der Waals surface area contributed by atoms with Gasteiger partial charge in [0.15, 0.2) is 0 Å². The van der Waals surface area contributed by atoms with E-state index in [0.717, 1.165) is 31.6 Å². The van der Waals surface area contributed by atoms with E-state index >= 15 is 0 Å². The Kier molecular flexibility index (Phi) is 5.16. The quantitative estimate of drug-likeness (QED) is 0.810. The lowest BCUT2D eigenvalue weighted by atomic mass is 10.2. The first-order valence-electron chi connectivity index (χ1n) is 8.87. The summed E-state index contributed by atoms with van der Waals surface area (Å²) in [6, 6.07) is 10.2. The highest BCUT2D eigenvalue weighted by Crippen LogP contribution is 2.22. The summed E-state index contributed by atoms with van der Waals surface area (Å²) in [6.07, 6.45) is 2.11. The predicted octanol–water partition coefficient (Wildman–Crippen LogP) is 3.27. The van der Waals surface area contributed by atoms with Gasteiger partial charge in [-0.1, -0.05) is 0 Å². The molecule has 1 amide bonds. The number of hydrogen-bond donors (Lipinski definition) is 2. The lowest BCUT2D eigenvalue weighted by molar-refractivity contribution is 0.0945. The second kappa shape index (κ2) is 7.51. The number of hydrogen-bond acceptors (Lipinski definition) is 5. The number of carbonyl (C=O) groups excluding carboxylic acids is 1. The van der Waals surface area contributed by atoms with Crippen LogP contribution in [0.15, 0.2) is 30.3 Å². The van der Waals surface area contributed by atoms with Gasteiger partial charge in [-0.15, -0.1) is 0 Å². The molecule has 6 heteroatoms. The summed E-state index contributed by atoms with van der Waals surface area (Å²) in [5.74, 6) is 1.07. The number of aryl methyl sites for hydroxylation is 1. The fraction of sp³-hybridized carbons (Fsp3) is 0.421. The molecule has 0 saturated heterocycles. The van der Waals surface area contributed by atoms with Gasteiger partial charge < -0.3 is 15.5 Å². The number of rotatable bonds is 7. The fourth-order valence-corrected chi connectivity index (χ4v) is 2.73. The maximum atomic E-state index is 12.2. The van der Waals surface area contributed by atoms with Gasteiger partial charge in [-0.2, -0.15) is 0 Å². The molecule has 1 aliphatic carbocycles. The van der Waals surface area contributed by atoms with Crippen LogP contribution in [0.3, 0.4) is 0 Å². The third kappa shape index (κ3) is 4.47. The van der Waals surface area contributed by atoms with Crippen molar-refractivity contribution >= 4 is 23.1 Å². The van der Waals surface area contributed by atoms with Gasteiger partial charge in [0.2, 0.25) is 0 Å². The first-order valence-corrected chi connectivity index (χ1v) is 8.87. The number of aromatic nitrogens is 2. The Balaban J connectivity index is 1.73. The van der Waals surface area contributed by atoms with Crippen molar-refractivity contribution < 1.29 is 4.79 Å². The zero-order chi connectivity index (χ0) is 17.8. The summed E-state index contributed by atoms with van der Waals surface area (Å²) >= 11 is 0. The van der Waals surface area contributed by atoms with Crippen LogP contribution < -0.4 is 15.5 Å². The molecule has 0 atom stereocenters. The molecule has 1 heterocycles. The highest BCUT2D eigenvalue weighted by molar-refractivity contribution is 5.93. The standard InChI is InChI=1S/C19H25N5O/c1-4-24(5-2)16-10-8-14(9-11-16)22-18-12-17(20-13(3)21-18)19(25)23-15-6-7-15/h8-12,15H,4-7H2,1-3H3,(H,23,25)(H,20,21,22). The zero-order valence-corrected chi connectivity index (χ0v) is 15.0. The Morgan fingerprint density at radius 2 is 1.84 bits per heavy atom. The van der Waals surface area contributed by atoms with Gasteiger partial charge in [0.1, 0.15) is 17.3 Å². The molecule has 2 aromatic rings. The molecular formula is C19H25N5O. The Bertz CT molecular complexity index is 736. The van der Waals surface area contributed by atoms with Crippen molar-refractivity contribution in [2.75, 3.05) is 23.3 Å². The Hall–Kier alpha value is -2.63. The van der Waals surface area contributed by atoms with Crippen LogP contribution in [0.1, 0.15) is 43.0 Å². The number of amides is 1. The van der Waals surface area contributed by atoms with Gasteiger partial charge in [0, 0.05) is 36.6 Å². The number of anilines is 3. The van der Waals surface area contributed by atoms with Crippen LogP contribution in [0.2, 0.25) is 0 Å². The van der Waals surface area contributed by atoms with Crippen LogP contribution in [0.4, 0.5) is 17.2 Å². The fourth-order valence-electron chi connectivity index (χ4n) is 2.73. The molecule has 3 rings (SSSR count). The minimum absolute atomic E-state index is 0.132. The first-order chi connectivity index (χ1) is 12.1. The van der Waals surface area contributed by atoms with Crippen molar-refractivity contribution in [1.82, 2.24) is 15.3 Å². The molecule has 0 spiro atoms. The number of nitrogens with zero attached hydrogens (tertiary/aromatic N) is 3. The minimum atomic E-state index is -0.132. The molecule has 1 aromatic heterocycles. The molecule has 1 fully saturated rings. The van der Waals surface area contributed by atoms with Gasteiger partial charge in [-0.05, 0) is 57.9 Å². The van der Waals surface area contributed by atoms with Crippen molar-refractivity contribution in [2.24, 2.45) is 0 Å². The second-order valence-electron chi connectivity index (χ2n) is 6.28. The average molecular weight is 339 g/mol. The van der Waals surface area contributed by atoms with Crippen LogP contribution in [-0.4, -0.2) is 35.0 Å². The van der Waals surface area contributed by atoms with Crippen LogP contribution >= 0.6 is 0 Å². The molecule has 1 saturated carbocycles. The van der Waals surface area contributed by atoms with Crippen molar-refractivity contribution in [3.63, 3.8) is 0 Å². The molecule has 2 N–H and O–H groups in total. The van der Waals surface area contributed by atoms with Crippen LogP contribution in [0.25, 0.3) is 0 Å². The van der Waals surface area contributed by atoms with Crippen molar-refractivity contribution in [3.8, 4) is 0 Å². The van der Waals surface area contributed by atoms with Gasteiger partial charge >= 0.3 is 0 Å². The topological polar surface area (TPSA) is 70.2 Å². The summed E-state index contributed by atoms with van der Waals surface area (Å²) in [6.45, 7) is 8.05. The summed E-state index contributed by atoms with van der Waals surface area (Å²) in [5.41, 5.74) is 2.53. The number of nitrogens with one attached hydrogen (secondary N) is 2. The van der Waals surface area contributed by atoms with Crippen molar-refractivity contribution in [1.29, 1.82) is 0 Å². The second-order valence-corrected chi connectivity index (χ2v) is 6.28. The molecule has 6 nitrogen and oxygen atoms in total. The molecule has 132 valence electrons. The lowest BCUT2D eigenvalue weighted by Crippen LogP contribution is -2.26.